The summed E-state index contributed by atoms with van der Waals surface area (Å²) in [6.45, 7) is 9.98. The van der Waals surface area contributed by atoms with E-state index in [9.17, 15) is 8.42 Å². The molecule has 1 heterocycles. The van der Waals surface area contributed by atoms with E-state index < -0.39 is 10.0 Å². The summed E-state index contributed by atoms with van der Waals surface area (Å²) in [5, 5.41) is 0. The first-order chi connectivity index (χ1) is 10.4. The van der Waals surface area contributed by atoms with Crippen LogP contribution < -0.4 is 4.72 Å². The minimum Gasteiger partial charge on any atom is -0.374 e. The van der Waals surface area contributed by atoms with E-state index in [2.05, 4.69) is 23.5 Å². The van der Waals surface area contributed by atoms with E-state index in [0.717, 1.165) is 25.2 Å². The lowest BCUT2D eigenvalue weighted by molar-refractivity contribution is -0.0280. The molecule has 5 nitrogen and oxygen atoms in total. The van der Waals surface area contributed by atoms with E-state index in [1.165, 1.54) is 0 Å². The number of morpholine rings is 1. The third-order valence-corrected chi connectivity index (χ3v) is 5.12. The Morgan fingerprint density at radius 2 is 2.00 bits per heavy atom. The van der Waals surface area contributed by atoms with Crippen molar-refractivity contribution in [2.45, 2.75) is 31.8 Å². The van der Waals surface area contributed by atoms with Crippen LogP contribution in [-0.4, -0.2) is 52.2 Å². The van der Waals surface area contributed by atoms with Crippen molar-refractivity contribution in [3.63, 3.8) is 0 Å². The molecule has 1 aliphatic heterocycles. The molecule has 0 bridgehead atoms. The SMILES string of the molecule is Cc1ccc(S(=O)(=O)NCC2CN(CC(C)C)CCO2)cc1. The van der Waals surface area contributed by atoms with Gasteiger partial charge in [-0.05, 0) is 25.0 Å². The summed E-state index contributed by atoms with van der Waals surface area (Å²) in [6.07, 6.45) is -0.0901. The molecule has 22 heavy (non-hydrogen) atoms. The molecule has 0 aromatic heterocycles. The number of nitrogens with zero attached hydrogens (tertiary/aromatic N) is 1. The Kier molecular flexibility index (Phi) is 5.97. The second-order valence-electron chi connectivity index (χ2n) is 6.31. The summed E-state index contributed by atoms with van der Waals surface area (Å²) >= 11 is 0. The zero-order valence-corrected chi connectivity index (χ0v) is 14.4. The van der Waals surface area contributed by atoms with Crippen LogP contribution in [0.3, 0.4) is 0 Å². The van der Waals surface area contributed by atoms with Gasteiger partial charge in [0.1, 0.15) is 0 Å². The molecule has 1 aliphatic rings. The van der Waals surface area contributed by atoms with E-state index in [-0.39, 0.29) is 6.10 Å². The summed E-state index contributed by atoms with van der Waals surface area (Å²) < 4.78 is 32.9. The number of sulfonamides is 1. The lowest BCUT2D eigenvalue weighted by atomic mass is 10.2. The van der Waals surface area contributed by atoms with Crippen LogP contribution in [0.15, 0.2) is 29.2 Å². The van der Waals surface area contributed by atoms with Gasteiger partial charge in [-0.3, -0.25) is 4.90 Å². The van der Waals surface area contributed by atoms with Crippen molar-refractivity contribution in [1.82, 2.24) is 9.62 Å². The van der Waals surface area contributed by atoms with Crippen LogP contribution in [0.2, 0.25) is 0 Å². The molecule has 0 spiro atoms. The van der Waals surface area contributed by atoms with Crippen molar-refractivity contribution >= 4 is 10.0 Å². The van der Waals surface area contributed by atoms with Crippen molar-refractivity contribution in [2.24, 2.45) is 5.92 Å². The number of nitrogens with one attached hydrogen (secondary N) is 1. The smallest absolute Gasteiger partial charge is 0.240 e. The quantitative estimate of drug-likeness (QED) is 0.863. The van der Waals surface area contributed by atoms with Gasteiger partial charge in [-0.2, -0.15) is 0 Å². The molecule has 0 amide bonds. The molecule has 2 rings (SSSR count). The molecule has 1 aromatic rings. The van der Waals surface area contributed by atoms with Crippen LogP contribution in [0.4, 0.5) is 0 Å². The van der Waals surface area contributed by atoms with Crippen molar-refractivity contribution < 1.29 is 13.2 Å². The average Bonchev–Trinajstić information content (AvgIpc) is 2.45. The van der Waals surface area contributed by atoms with E-state index in [4.69, 9.17) is 4.74 Å². The molecule has 1 N–H and O–H groups in total. The molecule has 1 aromatic carbocycles. The predicted molar refractivity (Wildman–Crippen MR) is 87.4 cm³/mol. The van der Waals surface area contributed by atoms with Gasteiger partial charge in [0.05, 0.1) is 17.6 Å². The van der Waals surface area contributed by atoms with Gasteiger partial charge in [-0.1, -0.05) is 31.5 Å². The Hall–Kier alpha value is -0.950. The third-order valence-electron chi connectivity index (χ3n) is 3.68. The largest absolute Gasteiger partial charge is 0.374 e. The molecular weight excluding hydrogens is 300 g/mol. The first-order valence-corrected chi connectivity index (χ1v) is 9.25. The summed E-state index contributed by atoms with van der Waals surface area (Å²) in [6, 6.07) is 6.86. The molecule has 0 aliphatic carbocycles. The fraction of sp³-hybridized carbons (Fsp3) is 0.625. The fourth-order valence-corrected chi connectivity index (χ4v) is 3.66. The van der Waals surface area contributed by atoms with Crippen molar-refractivity contribution in [3.05, 3.63) is 29.8 Å². The van der Waals surface area contributed by atoms with Crippen molar-refractivity contribution in [3.8, 4) is 0 Å². The van der Waals surface area contributed by atoms with Gasteiger partial charge in [0.25, 0.3) is 0 Å². The van der Waals surface area contributed by atoms with Gasteiger partial charge in [-0.15, -0.1) is 0 Å². The number of rotatable bonds is 6. The highest BCUT2D eigenvalue weighted by atomic mass is 32.2. The van der Waals surface area contributed by atoms with E-state index >= 15 is 0 Å². The third kappa shape index (κ3) is 5.05. The van der Waals surface area contributed by atoms with Crippen LogP contribution in [0, 0.1) is 12.8 Å². The van der Waals surface area contributed by atoms with Crippen molar-refractivity contribution in [2.75, 3.05) is 32.8 Å². The van der Waals surface area contributed by atoms with Gasteiger partial charge in [0.15, 0.2) is 0 Å². The number of benzene rings is 1. The monoisotopic (exact) mass is 326 g/mol. The molecule has 6 heteroatoms. The first kappa shape index (κ1) is 17.4. The topological polar surface area (TPSA) is 58.6 Å². The molecule has 1 saturated heterocycles. The predicted octanol–water partition coefficient (Wildman–Crippen LogP) is 1.63. The van der Waals surface area contributed by atoms with E-state index in [1.54, 1.807) is 24.3 Å². The zero-order chi connectivity index (χ0) is 16.2. The molecule has 0 saturated carbocycles. The van der Waals surface area contributed by atoms with Gasteiger partial charge >= 0.3 is 0 Å². The Labute approximate surface area is 133 Å². The zero-order valence-electron chi connectivity index (χ0n) is 13.6. The van der Waals surface area contributed by atoms with Crippen molar-refractivity contribution in [1.29, 1.82) is 0 Å². The molecule has 124 valence electrons. The first-order valence-electron chi connectivity index (χ1n) is 7.77. The van der Waals surface area contributed by atoms with Crippen LogP contribution in [0.5, 0.6) is 0 Å². The number of ether oxygens (including phenoxy) is 1. The highest BCUT2D eigenvalue weighted by Crippen LogP contribution is 2.11. The number of hydrogen-bond donors (Lipinski definition) is 1. The maximum absolute atomic E-state index is 12.3. The number of hydrogen-bond acceptors (Lipinski definition) is 4. The van der Waals surface area contributed by atoms with Crippen LogP contribution in [0.1, 0.15) is 19.4 Å². The maximum atomic E-state index is 12.3. The van der Waals surface area contributed by atoms with Gasteiger partial charge in [0.2, 0.25) is 10.0 Å². The standard InChI is InChI=1S/C16H26N2O3S/c1-13(2)11-18-8-9-21-15(12-18)10-17-22(19,20)16-6-4-14(3)5-7-16/h4-7,13,15,17H,8-12H2,1-3H3. The Balaban J connectivity index is 1.90. The maximum Gasteiger partial charge on any atom is 0.240 e. The molecule has 1 unspecified atom stereocenters. The minimum absolute atomic E-state index is 0.0901. The lowest BCUT2D eigenvalue weighted by Gasteiger charge is -2.33. The van der Waals surface area contributed by atoms with Crippen LogP contribution >= 0.6 is 0 Å². The second-order valence-corrected chi connectivity index (χ2v) is 8.08. The fourth-order valence-electron chi connectivity index (χ4n) is 2.59. The Morgan fingerprint density at radius 1 is 1.32 bits per heavy atom. The summed E-state index contributed by atoms with van der Waals surface area (Å²) in [5.74, 6) is 0.600. The summed E-state index contributed by atoms with van der Waals surface area (Å²) in [4.78, 5) is 2.63. The molecule has 1 fully saturated rings. The molecular formula is C16H26N2O3S. The Morgan fingerprint density at radius 3 is 2.64 bits per heavy atom. The van der Waals surface area contributed by atoms with Crippen LogP contribution in [0.25, 0.3) is 0 Å². The molecule has 0 radical (unpaired) electrons. The highest BCUT2D eigenvalue weighted by Gasteiger charge is 2.23. The highest BCUT2D eigenvalue weighted by molar-refractivity contribution is 7.89. The molecule has 1 atom stereocenters. The normalized spacial score (nSPS) is 20.5. The van der Waals surface area contributed by atoms with Gasteiger partial charge < -0.3 is 4.74 Å². The Bertz CT molecular complexity index is 570. The minimum atomic E-state index is -3.47. The van der Waals surface area contributed by atoms with Gasteiger partial charge in [-0.25, -0.2) is 13.1 Å². The van der Waals surface area contributed by atoms with E-state index in [1.807, 2.05) is 6.92 Å². The number of aryl methyl sites for hydroxylation is 1. The van der Waals surface area contributed by atoms with E-state index in [0.29, 0.717) is 24.0 Å². The summed E-state index contributed by atoms with van der Waals surface area (Å²) in [7, 11) is -3.47. The second kappa shape index (κ2) is 7.55. The van der Waals surface area contributed by atoms with Crippen LogP contribution in [-0.2, 0) is 14.8 Å². The lowest BCUT2D eigenvalue weighted by Crippen LogP contribution is -2.48. The van der Waals surface area contributed by atoms with Gasteiger partial charge in [0, 0.05) is 26.2 Å². The average molecular weight is 326 g/mol. The summed E-state index contributed by atoms with van der Waals surface area (Å²) in [5.41, 5.74) is 1.04.